The van der Waals surface area contributed by atoms with Gasteiger partial charge in [-0.3, -0.25) is 14.6 Å². The highest BCUT2D eigenvalue weighted by atomic mass is 16.3. The Bertz CT molecular complexity index is 697. The molecule has 1 aliphatic heterocycles. The summed E-state index contributed by atoms with van der Waals surface area (Å²) >= 11 is 0. The van der Waals surface area contributed by atoms with Crippen molar-refractivity contribution in [1.82, 2.24) is 9.80 Å². The third-order valence-electron chi connectivity index (χ3n) is 4.57. The van der Waals surface area contributed by atoms with E-state index in [4.69, 9.17) is 0 Å². The van der Waals surface area contributed by atoms with Crippen LogP contribution in [0.3, 0.4) is 0 Å². The number of hydrogen-bond acceptors (Lipinski definition) is 4. The zero-order valence-corrected chi connectivity index (χ0v) is 14.6. The molecule has 25 heavy (non-hydrogen) atoms. The van der Waals surface area contributed by atoms with E-state index in [-0.39, 0.29) is 12.5 Å². The van der Waals surface area contributed by atoms with Crippen LogP contribution in [0.15, 0.2) is 54.6 Å². The van der Waals surface area contributed by atoms with Gasteiger partial charge in [0.25, 0.3) is 0 Å². The molecule has 1 fully saturated rings. The van der Waals surface area contributed by atoms with E-state index in [0.29, 0.717) is 6.54 Å². The van der Waals surface area contributed by atoms with E-state index in [9.17, 15) is 9.90 Å². The number of carbonyl (C=O) groups is 1. The Morgan fingerprint density at radius 2 is 1.68 bits per heavy atom. The molecule has 0 saturated carbocycles. The number of amides is 1. The van der Waals surface area contributed by atoms with Gasteiger partial charge in [0.1, 0.15) is 0 Å². The fourth-order valence-electron chi connectivity index (χ4n) is 3.08. The first-order valence-electron chi connectivity index (χ1n) is 8.66. The predicted octanol–water partition coefficient (Wildman–Crippen LogP) is 2.09. The maximum Gasteiger partial charge on any atom is 0.245 e. The molecule has 0 atom stereocenters. The van der Waals surface area contributed by atoms with Crippen LogP contribution in [0.2, 0.25) is 0 Å². The number of anilines is 2. The molecule has 0 unspecified atom stereocenters. The maximum atomic E-state index is 13.1. The quantitative estimate of drug-likeness (QED) is 0.906. The van der Waals surface area contributed by atoms with Crippen molar-refractivity contribution in [2.75, 3.05) is 44.7 Å². The highest BCUT2D eigenvalue weighted by Crippen LogP contribution is 2.26. The molecule has 2 aromatic rings. The van der Waals surface area contributed by atoms with Crippen LogP contribution in [0.1, 0.15) is 5.56 Å². The van der Waals surface area contributed by atoms with E-state index in [1.54, 1.807) is 4.90 Å². The van der Waals surface area contributed by atoms with E-state index < -0.39 is 0 Å². The van der Waals surface area contributed by atoms with E-state index >= 15 is 0 Å². The van der Waals surface area contributed by atoms with Crippen molar-refractivity contribution in [3.63, 3.8) is 0 Å². The first kappa shape index (κ1) is 17.6. The van der Waals surface area contributed by atoms with Crippen LogP contribution in [-0.2, 0) is 11.4 Å². The lowest BCUT2D eigenvalue weighted by atomic mass is 10.1. The van der Waals surface area contributed by atoms with Gasteiger partial charge in [0.2, 0.25) is 5.91 Å². The third-order valence-corrected chi connectivity index (χ3v) is 4.57. The number of likely N-dealkylation sites (N-methyl/N-ethyl adjacent to an activating group) is 1. The fraction of sp³-hybridized carbons (Fsp3) is 0.350. The molecule has 132 valence electrons. The summed E-state index contributed by atoms with van der Waals surface area (Å²) in [4.78, 5) is 19.3. The Kier molecular flexibility index (Phi) is 5.81. The molecule has 5 heteroatoms. The first-order chi connectivity index (χ1) is 12.2. The summed E-state index contributed by atoms with van der Waals surface area (Å²) in [6, 6.07) is 17.2. The van der Waals surface area contributed by atoms with Crippen molar-refractivity contribution in [3.8, 4) is 0 Å². The Hall–Kier alpha value is -2.21. The summed E-state index contributed by atoms with van der Waals surface area (Å²) in [5.41, 5.74) is 2.43. The van der Waals surface area contributed by atoms with Gasteiger partial charge >= 0.3 is 0 Å². The van der Waals surface area contributed by atoms with Gasteiger partial charge in [-0.1, -0.05) is 30.3 Å². The maximum absolute atomic E-state index is 13.1. The lowest BCUT2D eigenvalue weighted by Crippen LogP contribution is -2.48. The number of carbonyl (C=O) groups excluding carboxylic acids is 1. The van der Waals surface area contributed by atoms with E-state index in [1.165, 1.54) is 0 Å². The second-order valence-electron chi connectivity index (χ2n) is 6.47. The summed E-state index contributed by atoms with van der Waals surface area (Å²) in [6.45, 7) is 4.13. The number of para-hydroxylation sites is 1. The molecule has 5 nitrogen and oxygen atoms in total. The zero-order valence-electron chi connectivity index (χ0n) is 14.6. The molecule has 0 spiro atoms. The largest absolute Gasteiger partial charge is 0.392 e. The van der Waals surface area contributed by atoms with Crippen LogP contribution < -0.4 is 4.90 Å². The van der Waals surface area contributed by atoms with Gasteiger partial charge < -0.3 is 10.0 Å². The second kappa shape index (κ2) is 8.25. The average Bonchev–Trinajstić information content (AvgIpc) is 2.65. The first-order valence-corrected chi connectivity index (χ1v) is 8.66. The molecule has 1 heterocycles. The minimum Gasteiger partial charge on any atom is -0.392 e. The molecule has 1 N–H and O–H groups in total. The zero-order chi connectivity index (χ0) is 17.6. The molecule has 1 amide bonds. The Morgan fingerprint density at radius 1 is 1.00 bits per heavy atom. The highest BCUT2D eigenvalue weighted by Gasteiger charge is 2.23. The van der Waals surface area contributed by atoms with Gasteiger partial charge in [-0.25, -0.2) is 0 Å². The SMILES string of the molecule is CN1CCN(CC(=O)N(c2ccccc2)c2cccc(CO)c2)CC1. The van der Waals surface area contributed by atoms with Crippen LogP contribution in [0.4, 0.5) is 11.4 Å². The van der Waals surface area contributed by atoms with Crippen molar-refractivity contribution in [3.05, 3.63) is 60.2 Å². The predicted molar refractivity (Wildman–Crippen MR) is 99.9 cm³/mol. The van der Waals surface area contributed by atoms with Crippen molar-refractivity contribution < 1.29 is 9.90 Å². The number of rotatable bonds is 5. The molecular weight excluding hydrogens is 314 g/mol. The van der Waals surface area contributed by atoms with Gasteiger partial charge in [0, 0.05) is 37.6 Å². The van der Waals surface area contributed by atoms with Gasteiger partial charge in [-0.2, -0.15) is 0 Å². The number of benzene rings is 2. The molecule has 2 aromatic carbocycles. The van der Waals surface area contributed by atoms with E-state index in [2.05, 4.69) is 16.8 Å². The van der Waals surface area contributed by atoms with Crippen molar-refractivity contribution in [1.29, 1.82) is 0 Å². The molecule has 0 aliphatic carbocycles. The molecule has 3 rings (SSSR count). The van der Waals surface area contributed by atoms with Crippen molar-refractivity contribution in [2.45, 2.75) is 6.61 Å². The molecule has 0 aromatic heterocycles. The summed E-state index contributed by atoms with van der Waals surface area (Å²) in [7, 11) is 2.11. The Labute approximate surface area is 149 Å². The lowest BCUT2D eigenvalue weighted by molar-refractivity contribution is -0.119. The monoisotopic (exact) mass is 339 g/mol. The van der Waals surface area contributed by atoms with Crippen LogP contribution >= 0.6 is 0 Å². The van der Waals surface area contributed by atoms with Gasteiger partial charge in [-0.05, 0) is 36.9 Å². The molecule has 1 aliphatic rings. The summed E-state index contributed by atoms with van der Waals surface area (Å²) < 4.78 is 0. The Morgan fingerprint density at radius 3 is 2.36 bits per heavy atom. The van der Waals surface area contributed by atoms with Gasteiger partial charge in [0.05, 0.1) is 13.2 Å². The number of nitrogens with zero attached hydrogens (tertiary/aromatic N) is 3. The normalized spacial score (nSPS) is 15.9. The van der Waals surface area contributed by atoms with Crippen LogP contribution in [0.25, 0.3) is 0 Å². The summed E-state index contributed by atoms with van der Waals surface area (Å²) in [6.07, 6.45) is 0. The number of aliphatic hydroxyl groups is 1. The molecular formula is C20H25N3O2. The number of aliphatic hydroxyl groups excluding tert-OH is 1. The number of hydrogen-bond donors (Lipinski definition) is 1. The smallest absolute Gasteiger partial charge is 0.245 e. The third kappa shape index (κ3) is 4.45. The molecule has 0 radical (unpaired) electrons. The highest BCUT2D eigenvalue weighted by molar-refractivity contribution is 6.01. The number of piperazine rings is 1. The second-order valence-corrected chi connectivity index (χ2v) is 6.47. The molecule has 1 saturated heterocycles. The van der Waals surface area contributed by atoms with Crippen molar-refractivity contribution >= 4 is 17.3 Å². The average molecular weight is 339 g/mol. The fourth-order valence-corrected chi connectivity index (χ4v) is 3.08. The van der Waals surface area contributed by atoms with E-state index in [0.717, 1.165) is 43.1 Å². The topological polar surface area (TPSA) is 47.0 Å². The van der Waals surface area contributed by atoms with E-state index in [1.807, 2.05) is 54.6 Å². The standard InChI is InChI=1S/C20H25N3O2/c1-21-10-12-22(13-11-21)15-20(25)23(18-7-3-2-4-8-18)19-9-5-6-17(14-19)16-24/h2-9,14,24H,10-13,15-16H2,1H3. The Balaban J connectivity index is 1.84. The minimum atomic E-state index is -0.0386. The van der Waals surface area contributed by atoms with Crippen LogP contribution in [-0.4, -0.2) is 60.6 Å². The minimum absolute atomic E-state index is 0.0386. The van der Waals surface area contributed by atoms with Gasteiger partial charge in [0.15, 0.2) is 0 Å². The van der Waals surface area contributed by atoms with Crippen molar-refractivity contribution in [2.24, 2.45) is 0 Å². The summed E-state index contributed by atoms with van der Waals surface area (Å²) in [5, 5.41) is 9.42. The molecule has 0 bridgehead atoms. The van der Waals surface area contributed by atoms with Gasteiger partial charge in [-0.15, -0.1) is 0 Å². The van der Waals surface area contributed by atoms with Crippen LogP contribution in [0.5, 0.6) is 0 Å². The van der Waals surface area contributed by atoms with Crippen LogP contribution in [0, 0.1) is 0 Å². The summed E-state index contributed by atoms with van der Waals surface area (Å²) in [5.74, 6) is 0.0471. The lowest BCUT2D eigenvalue weighted by Gasteiger charge is -2.33.